The van der Waals surface area contributed by atoms with E-state index in [0.717, 1.165) is 32.1 Å². The first-order valence-electron chi connectivity index (χ1n) is 7.13. The van der Waals surface area contributed by atoms with Gasteiger partial charge >= 0.3 is 5.97 Å². The van der Waals surface area contributed by atoms with Crippen LogP contribution in [0.5, 0.6) is 0 Å². The average Bonchev–Trinajstić information content (AvgIpc) is 2.81. The minimum atomic E-state index is -4.02. The number of aromatic nitrogens is 2. The highest BCUT2D eigenvalue weighted by Gasteiger charge is 2.31. The molecule has 0 saturated heterocycles. The zero-order valence-corrected chi connectivity index (χ0v) is 13.1. The van der Waals surface area contributed by atoms with Gasteiger partial charge in [-0.2, -0.15) is 5.10 Å². The lowest BCUT2D eigenvalue weighted by Crippen LogP contribution is -2.30. The second kappa shape index (κ2) is 6.15. The molecule has 1 aliphatic carbocycles. The first-order valence-corrected chi connectivity index (χ1v) is 8.68. The standard InChI is InChI=1S/C13H21N3O4S/c1-3-9-6-4-5-7-10(9)20-13(17)11-12(21(14,18)19)8(2)15-16-11/h9-10H,3-7H2,1-2H3,(H,15,16)(H2,14,18,19). The Hall–Kier alpha value is -1.41. The van der Waals surface area contributed by atoms with E-state index in [0.29, 0.717) is 5.92 Å². The first kappa shape index (κ1) is 16.0. The summed E-state index contributed by atoms with van der Waals surface area (Å²) in [4.78, 5) is 11.9. The molecule has 1 saturated carbocycles. The molecule has 2 atom stereocenters. The summed E-state index contributed by atoms with van der Waals surface area (Å²) in [5.74, 6) is -0.408. The zero-order chi connectivity index (χ0) is 15.6. The van der Waals surface area contributed by atoms with Gasteiger partial charge in [-0.1, -0.05) is 13.3 Å². The van der Waals surface area contributed by atoms with Gasteiger partial charge in [0.2, 0.25) is 10.0 Å². The van der Waals surface area contributed by atoms with Crippen LogP contribution in [0.1, 0.15) is 55.2 Å². The van der Waals surface area contributed by atoms with E-state index < -0.39 is 16.0 Å². The molecule has 1 heterocycles. The van der Waals surface area contributed by atoms with Gasteiger partial charge in [-0.25, -0.2) is 18.4 Å². The van der Waals surface area contributed by atoms with E-state index >= 15 is 0 Å². The fourth-order valence-corrected chi connectivity index (χ4v) is 3.77. The van der Waals surface area contributed by atoms with Crippen LogP contribution in [0.4, 0.5) is 0 Å². The summed E-state index contributed by atoms with van der Waals surface area (Å²) in [6, 6.07) is 0. The molecule has 2 unspecified atom stereocenters. The van der Waals surface area contributed by atoms with Crippen molar-refractivity contribution < 1.29 is 17.9 Å². The normalized spacial score (nSPS) is 23.0. The van der Waals surface area contributed by atoms with Gasteiger partial charge < -0.3 is 4.74 Å². The highest BCUT2D eigenvalue weighted by Crippen LogP contribution is 2.30. The second-order valence-electron chi connectivity index (χ2n) is 5.47. The van der Waals surface area contributed by atoms with Crippen LogP contribution in [-0.4, -0.2) is 30.7 Å². The number of ether oxygens (including phenoxy) is 1. The monoisotopic (exact) mass is 315 g/mol. The molecular weight excluding hydrogens is 294 g/mol. The number of carbonyl (C=O) groups excluding carboxylic acids is 1. The Morgan fingerprint density at radius 3 is 2.71 bits per heavy atom. The number of nitrogens with two attached hydrogens (primary N) is 1. The van der Waals surface area contributed by atoms with Gasteiger partial charge in [-0.3, -0.25) is 5.10 Å². The molecule has 3 N–H and O–H groups in total. The van der Waals surface area contributed by atoms with Crippen LogP contribution in [0.2, 0.25) is 0 Å². The molecule has 118 valence electrons. The maximum Gasteiger partial charge on any atom is 0.360 e. The van der Waals surface area contributed by atoms with E-state index in [-0.39, 0.29) is 22.4 Å². The summed E-state index contributed by atoms with van der Waals surface area (Å²) in [6.07, 6.45) is 4.72. The number of carbonyl (C=O) groups is 1. The Labute approximate surface area is 124 Å². The van der Waals surface area contributed by atoms with Gasteiger partial charge in [0.1, 0.15) is 11.0 Å². The van der Waals surface area contributed by atoms with Crippen molar-refractivity contribution in [2.45, 2.75) is 57.0 Å². The number of sulfonamides is 1. The Balaban J connectivity index is 2.21. The maximum atomic E-state index is 12.2. The van der Waals surface area contributed by atoms with Crippen LogP contribution in [0.3, 0.4) is 0 Å². The van der Waals surface area contributed by atoms with Crippen LogP contribution in [-0.2, 0) is 14.8 Å². The van der Waals surface area contributed by atoms with Crippen molar-refractivity contribution >= 4 is 16.0 Å². The van der Waals surface area contributed by atoms with Crippen LogP contribution < -0.4 is 5.14 Å². The SMILES string of the molecule is CCC1CCCCC1OC(=O)c1n[nH]c(C)c1S(N)(=O)=O. The van der Waals surface area contributed by atoms with E-state index in [1.54, 1.807) is 0 Å². The number of nitrogens with one attached hydrogen (secondary N) is 1. The Morgan fingerprint density at radius 1 is 1.43 bits per heavy atom. The number of esters is 1. The molecule has 0 spiro atoms. The molecule has 8 heteroatoms. The lowest BCUT2D eigenvalue weighted by molar-refractivity contribution is -0.000280. The number of aryl methyl sites for hydroxylation is 1. The van der Waals surface area contributed by atoms with E-state index in [1.165, 1.54) is 6.92 Å². The molecule has 1 aromatic heterocycles. The van der Waals surface area contributed by atoms with Crippen molar-refractivity contribution in [1.29, 1.82) is 0 Å². The van der Waals surface area contributed by atoms with Crippen LogP contribution in [0.15, 0.2) is 4.90 Å². The van der Waals surface area contributed by atoms with Crippen molar-refractivity contribution in [3.8, 4) is 0 Å². The number of rotatable bonds is 4. The Morgan fingerprint density at radius 2 is 2.10 bits per heavy atom. The molecule has 0 amide bonds. The summed E-state index contributed by atoms with van der Waals surface area (Å²) in [5, 5.41) is 11.3. The number of hydrogen-bond donors (Lipinski definition) is 2. The fraction of sp³-hybridized carbons (Fsp3) is 0.692. The summed E-state index contributed by atoms with van der Waals surface area (Å²) >= 11 is 0. The number of aromatic amines is 1. The molecule has 1 fully saturated rings. The van der Waals surface area contributed by atoms with E-state index in [2.05, 4.69) is 17.1 Å². The largest absolute Gasteiger partial charge is 0.457 e. The Bertz CT molecular complexity index is 623. The summed E-state index contributed by atoms with van der Waals surface area (Å²) in [6.45, 7) is 3.56. The van der Waals surface area contributed by atoms with Crippen molar-refractivity contribution in [1.82, 2.24) is 10.2 Å². The minimum absolute atomic E-state index is 0.179. The van der Waals surface area contributed by atoms with Crippen molar-refractivity contribution in [3.05, 3.63) is 11.4 Å². The van der Waals surface area contributed by atoms with Crippen LogP contribution in [0, 0.1) is 12.8 Å². The third-order valence-corrected chi connectivity index (χ3v) is 5.06. The predicted molar refractivity (Wildman–Crippen MR) is 76.2 cm³/mol. The topological polar surface area (TPSA) is 115 Å². The van der Waals surface area contributed by atoms with Crippen LogP contribution >= 0.6 is 0 Å². The molecule has 2 rings (SSSR count). The molecule has 1 aliphatic rings. The second-order valence-corrected chi connectivity index (χ2v) is 6.97. The number of hydrogen-bond acceptors (Lipinski definition) is 5. The van der Waals surface area contributed by atoms with Gasteiger partial charge in [-0.15, -0.1) is 0 Å². The Kier molecular flexibility index (Phi) is 4.67. The van der Waals surface area contributed by atoms with Gasteiger partial charge in [-0.05, 0) is 38.5 Å². The highest BCUT2D eigenvalue weighted by molar-refractivity contribution is 7.89. The fourth-order valence-electron chi connectivity index (χ4n) is 2.89. The maximum absolute atomic E-state index is 12.2. The summed E-state index contributed by atoms with van der Waals surface area (Å²) < 4.78 is 28.6. The van der Waals surface area contributed by atoms with Crippen molar-refractivity contribution in [3.63, 3.8) is 0 Å². The number of primary sulfonamides is 1. The van der Waals surface area contributed by atoms with Gasteiger partial charge in [0.05, 0.1) is 5.69 Å². The number of H-pyrrole nitrogens is 1. The third kappa shape index (κ3) is 3.44. The van der Waals surface area contributed by atoms with Crippen molar-refractivity contribution in [2.75, 3.05) is 0 Å². The summed E-state index contributed by atoms with van der Waals surface area (Å²) in [7, 11) is -4.02. The molecule has 0 bridgehead atoms. The lowest BCUT2D eigenvalue weighted by Gasteiger charge is -2.30. The van der Waals surface area contributed by atoms with E-state index in [1.807, 2.05) is 0 Å². The molecule has 7 nitrogen and oxygen atoms in total. The van der Waals surface area contributed by atoms with Gasteiger partial charge in [0.25, 0.3) is 0 Å². The molecular formula is C13H21N3O4S. The summed E-state index contributed by atoms with van der Waals surface area (Å²) in [5.41, 5.74) is -0.0180. The average molecular weight is 315 g/mol. The number of nitrogens with zero attached hydrogens (tertiary/aromatic N) is 1. The van der Waals surface area contributed by atoms with Gasteiger partial charge in [0, 0.05) is 0 Å². The van der Waals surface area contributed by atoms with Crippen LogP contribution in [0.25, 0.3) is 0 Å². The minimum Gasteiger partial charge on any atom is -0.457 e. The first-order chi connectivity index (χ1) is 9.84. The smallest absolute Gasteiger partial charge is 0.360 e. The van der Waals surface area contributed by atoms with E-state index in [4.69, 9.17) is 9.88 Å². The highest BCUT2D eigenvalue weighted by atomic mass is 32.2. The van der Waals surface area contributed by atoms with Crippen molar-refractivity contribution in [2.24, 2.45) is 11.1 Å². The van der Waals surface area contributed by atoms with Gasteiger partial charge in [0.15, 0.2) is 5.69 Å². The third-order valence-electron chi connectivity index (χ3n) is 3.99. The molecule has 21 heavy (non-hydrogen) atoms. The molecule has 0 aliphatic heterocycles. The zero-order valence-electron chi connectivity index (χ0n) is 12.3. The quantitative estimate of drug-likeness (QED) is 0.817. The molecule has 0 radical (unpaired) electrons. The van der Waals surface area contributed by atoms with E-state index in [9.17, 15) is 13.2 Å². The predicted octanol–water partition coefficient (Wildman–Crippen LogP) is 1.49. The molecule has 0 aromatic carbocycles. The molecule has 1 aromatic rings. The lowest BCUT2D eigenvalue weighted by atomic mass is 9.85.